The number of primary amides is 1. The van der Waals surface area contributed by atoms with Crippen LogP contribution in [0.1, 0.15) is 132 Å². The first kappa shape index (κ1) is 63.5. The third-order valence-corrected chi connectivity index (χ3v) is 14.7. The van der Waals surface area contributed by atoms with E-state index in [2.05, 4.69) is 42.0 Å². The van der Waals surface area contributed by atoms with Gasteiger partial charge >= 0.3 is 12.1 Å². The lowest BCUT2D eigenvalue weighted by Gasteiger charge is -2.45. The lowest BCUT2D eigenvalue weighted by atomic mass is 9.81. The van der Waals surface area contributed by atoms with Gasteiger partial charge < -0.3 is 51.0 Å². The maximum Gasteiger partial charge on any atom is 0.410 e. The van der Waals surface area contributed by atoms with Gasteiger partial charge in [0, 0.05) is 59.6 Å². The summed E-state index contributed by atoms with van der Waals surface area (Å²) in [6.07, 6.45) is 2.83. The molecule has 75 heavy (non-hydrogen) atoms. The Morgan fingerprint density at radius 3 is 2.01 bits per heavy atom. The van der Waals surface area contributed by atoms with Gasteiger partial charge in [-0.3, -0.25) is 28.9 Å². The summed E-state index contributed by atoms with van der Waals surface area (Å²) >= 11 is 0. The lowest BCUT2D eigenvalue weighted by molar-refractivity contribution is -0.153. The van der Waals surface area contributed by atoms with Crippen LogP contribution in [0.3, 0.4) is 0 Å². The van der Waals surface area contributed by atoms with E-state index in [-0.39, 0.29) is 72.8 Å². The molecule has 9 atom stereocenters. The Morgan fingerprint density at radius 1 is 0.800 bits per heavy atom. The Hall–Kier alpha value is -5.75. The van der Waals surface area contributed by atoms with E-state index in [4.69, 9.17) is 19.9 Å². The molecule has 0 aliphatic carbocycles. The number of rotatable bonds is 30. The number of urea groups is 1. The average Bonchev–Trinajstić information content (AvgIpc) is 3.75. The van der Waals surface area contributed by atoms with E-state index in [1.807, 2.05) is 83.7 Å². The average molecular weight is 1050 g/mol. The first-order chi connectivity index (χ1) is 35.4. The number of likely N-dealkylation sites (N-methyl/N-ethyl adjacent to an activating group) is 2. The number of hydrogen-bond acceptors (Lipinski definition) is 10. The quantitative estimate of drug-likeness (QED) is 0.0491. The Balaban J connectivity index is 1.77. The number of anilines is 1. The van der Waals surface area contributed by atoms with E-state index in [9.17, 15) is 33.6 Å². The Labute approximate surface area is 447 Å². The minimum Gasteiger partial charge on any atom is -0.445 e. The molecule has 1 fully saturated rings. The number of benzene rings is 2. The summed E-state index contributed by atoms with van der Waals surface area (Å²) < 4.78 is 18.0. The highest BCUT2D eigenvalue weighted by Crippen LogP contribution is 2.38. The van der Waals surface area contributed by atoms with Crippen molar-refractivity contribution in [3.05, 3.63) is 65.7 Å². The maximum atomic E-state index is 15.0. The molecule has 8 amide bonds. The first-order valence-corrected chi connectivity index (χ1v) is 27.0. The van der Waals surface area contributed by atoms with Gasteiger partial charge in [-0.2, -0.15) is 0 Å². The Kier molecular flexibility index (Phi) is 26.0. The molecule has 0 unspecified atom stereocenters. The molecule has 0 spiro atoms. The second-order valence-corrected chi connectivity index (χ2v) is 21.8. The topological polar surface area (TPSA) is 231 Å². The second kappa shape index (κ2) is 30.7. The minimum absolute atomic E-state index is 0.0319. The molecule has 1 aliphatic rings. The van der Waals surface area contributed by atoms with Crippen LogP contribution in [-0.2, 0) is 51.2 Å². The minimum atomic E-state index is -0.998. The van der Waals surface area contributed by atoms with E-state index >= 15 is 0 Å². The maximum absolute atomic E-state index is 15.0. The van der Waals surface area contributed by atoms with Crippen LogP contribution in [0.15, 0.2) is 54.6 Å². The fourth-order valence-corrected chi connectivity index (χ4v) is 10.8. The smallest absolute Gasteiger partial charge is 0.410 e. The second-order valence-electron chi connectivity index (χ2n) is 21.8. The number of unbranched alkanes of at least 4 members (excludes halogenated alkanes) is 1. The number of likely N-dealkylation sites (tertiary alicyclic amines) is 1. The summed E-state index contributed by atoms with van der Waals surface area (Å²) in [5.74, 6) is -2.48. The predicted octanol–water partition coefficient (Wildman–Crippen LogP) is 7.28. The zero-order valence-corrected chi connectivity index (χ0v) is 47.5. The summed E-state index contributed by atoms with van der Waals surface area (Å²) in [4.78, 5) is 99.4. The number of hydrogen-bond donors (Lipinski definition) is 5. The van der Waals surface area contributed by atoms with E-state index in [1.165, 1.54) is 11.9 Å². The number of carbonyl (C=O) groups is 7. The molecule has 2 aromatic carbocycles. The monoisotopic (exact) mass is 1050 g/mol. The van der Waals surface area contributed by atoms with E-state index in [0.717, 1.165) is 18.4 Å². The van der Waals surface area contributed by atoms with Crippen molar-refractivity contribution >= 4 is 47.3 Å². The highest BCUT2D eigenvalue weighted by molar-refractivity contribution is 5.92. The molecule has 1 heterocycles. The normalized spacial score (nSPS) is 17.7. The van der Waals surface area contributed by atoms with Crippen LogP contribution in [0, 0.1) is 29.6 Å². The summed E-state index contributed by atoms with van der Waals surface area (Å²) in [5.41, 5.74) is 6.62. The SMILES string of the molecule is CC[C@H](CC(C)C)[C@@H]([C@@H](CC(=O)N1CCC[C@]1(C)[C@H](OC)[C@@H](C)C(=O)N[C@H](C)Cc1ccccc1)OC)N(C)C(=O)[C@@H](NC(=O)[C@H](C(C)C)N(C)C(=O)OCc1ccc(NC(=O)CCCCNC(N)=O)cc1)C(C)C. The molecule has 2 aromatic rings. The molecular formula is C57H92N8O10. The molecule has 3 rings (SSSR count). The lowest BCUT2D eigenvalue weighted by Crippen LogP contribution is -2.61. The van der Waals surface area contributed by atoms with Crippen LogP contribution < -0.4 is 27.0 Å². The predicted molar refractivity (Wildman–Crippen MR) is 292 cm³/mol. The van der Waals surface area contributed by atoms with E-state index in [1.54, 1.807) is 50.4 Å². The van der Waals surface area contributed by atoms with Crippen LogP contribution >= 0.6 is 0 Å². The van der Waals surface area contributed by atoms with Crippen LogP contribution in [0.4, 0.5) is 15.3 Å². The number of nitrogens with one attached hydrogen (secondary N) is 4. The highest BCUT2D eigenvalue weighted by atomic mass is 16.6. The van der Waals surface area contributed by atoms with Gasteiger partial charge in [0.05, 0.1) is 36.1 Å². The molecule has 0 aromatic heterocycles. The van der Waals surface area contributed by atoms with Crippen LogP contribution in [0.2, 0.25) is 0 Å². The van der Waals surface area contributed by atoms with Gasteiger partial charge in [0.25, 0.3) is 0 Å². The molecule has 18 heteroatoms. The number of ether oxygens (including phenoxy) is 3. The van der Waals surface area contributed by atoms with Crippen LogP contribution in [0.5, 0.6) is 0 Å². The third kappa shape index (κ3) is 18.8. The van der Waals surface area contributed by atoms with Gasteiger partial charge in [-0.25, -0.2) is 9.59 Å². The largest absolute Gasteiger partial charge is 0.445 e. The fraction of sp³-hybridized carbons (Fsp3) is 0.667. The van der Waals surface area contributed by atoms with Gasteiger partial charge in [0.15, 0.2) is 0 Å². The van der Waals surface area contributed by atoms with Crippen LogP contribution in [-0.4, -0.2) is 140 Å². The van der Waals surface area contributed by atoms with Crippen molar-refractivity contribution in [3.63, 3.8) is 0 Å². The molecule has 0 saturated carbocycles. The zero-order chi connectivity index (χ0) is 56.2. The third-order valence-electron chi connectivity index (χ3n) is 14.7. The van der Waals surface area contributed by atoms with Crippen molar-refractivity contribution < 1.29 is 47.8 Å². The summed E-state index contributed by atoms with van der Waals surface area (Å²) in [7, 11) is 6.36. The Morgan fingerprint density at radius 2 is 1.45 bits per heavy atom. The van der Waals surface area contributed by atoms with Crippen molar-refractivity contribution in [2.45, 2.75) is 176 Å². The van der Waals surface area contributed by atoms with Crippen molar-refractivity contribution in [1.82, 2.24) is 30.7 Å². The van der Waals surface area contributed by atoms with Crippen molar-refractivity contribution in [1.29, 1.82) is 0 Å². The zero-order valence-electron chi connectivity index (χ0n) is 47.5. The standard InChI is InChI=1S/C57H92N8O10/c1-15-43(32-36(2)3)50(45(73-13)34-47(67)65-31-21-29-57(65,10)51(74-14)40(9)52(68)60-39(8)33-41-22-17-16-18-23-41)63(11)54(70)48(37(4)5)62-53(69)49(38(6)7)64(12)56(72)75-35-42-25-27-44(28-26-42)61-46(66)24-19-20-30-59-55(58)71/h16-18,22-23,25-28,36-40,43,45,48-51H,15,19-21,24,29-35H2,1-14H3,(H,60,68)(H,61,66)(H,62,69)(H3,58,59,71)/t39-,40-,43-,45-,48+,49+,50+,51-,57-/m1/s1. The van der Waals surface area contributed by atoms with Crippen molar-refractivity contribution in [2.24, 2.45) is 35.3 Å². The fourth-order valence-electron chi connectivity index (χ4n) is 10.8. The number of nitrogens with two attached hydrogens (primary N) is 1. The summed E-state index contributed by atoms with van der Waals surface area (Å²) in [6.45, 7) is 20.2. The van der Waals surface area contributed by atoms with Gasteiger partial charge in [-0.05, 0) is 99.3 Å². The first-order valence-electron chi connectivity index (χ1n) is 27.0. The molecule has 1 saturated heterocycles. The number of nitrogens with zero attached hydrogens (tertiary/aromatic N) is 3. The van der Waals surface area contributed by atoms with Crippen molar-refractivity contribution in [3.8, 4) is 0 Å². The van der Waals surface area contributed by atoms with E-state index < -0.39 is 59.8 Å². The van der Waals surface area contributed by atoms with E-state index in [0.29, 0.717) is 56.4 Å². The number of carbonyl (C=O) groups excluding carboxylic acids is 7. The Bertz CT molecular complexity index is 2140. The van der Waals surface area contributed by atoms with Gasteiger partial charge in [0.1, 0.15) is 18.7 Å². The number of methoxy groups -OCH3 is 2. The molecule has 6 N–H and O–H groups in total. The molecule has 18 nitrogen and oxygen atoms in total. The highest BCUT2D eigenvalue weighted by Gasteiger charge is 2.50. The number of amides is 8. The summed E-state index contributed by atoms with van der Waals surface area (Å²) in [5, 5.41) is 11.5. The van der Waals surface area contributed by atoms with Crippen molar-refractivity contribution in [2.75, 3.05) is 46.7 Å². The molecular weight excluding hydrogens is 957 g/mol. The van der Waals surface area contributed by atoms with Gasteiger partial charge in [-0.1, -0.05) is 104 Å². The molecule has 0 radical (unpaired) electrons. The van der Waals surface area contributed by atoms with Gasteiger partial charge in [-0.15, -0.1) is 0 Å². The molecule has 0 bridgehead atoms. The summed E-state index contributed by atoms with van der Waals surface area (Å²) in [6, 6.07) is 13.6. The molecule has 420 valence electrons. The molecule has 1 aliphatic heterocycles. The van der Waals surface area contributed by atoms with Gasteiger partial charge in [0.2, 0.25) is 29.5 Å². The van der Waals surface area contributed by atoms with Crippen LogP contribution in [0.25, 0.3) is 0 Å².